The molecule has 4 heteroatoms. The molecule has 0 fully saturated rings. The van der Waals surface area contributed by atoms with Crippen LogP contribution in [-0.4, -0.2) is 5.48 Å². The van der Waals surface area contributed by atoms with Gasteiger partial charge in [0.05, 0.1) is 0 Å². The monoisotopic (exact) mass is 221 g/mol. The summed E-state index contributed by atoms with van der Waals surface area (Å²) in [6.07, 6.45) is 0. The molecule has 86 valence electrons. The van der Waals surface area contributed by atoms with Crippen molar-refractivity contribution in [2.75, 3.05) is 0 Å². The van der Waals surface area contributed by atoms with Gasteiger partial charge in [0, 0.05) is 0 Å². The molecule has 0 atom stereocenters. The first-order chi connectivity index (χ1) is 6.95. The molecule has 0 saturated heterocycles. The van der Waals surface area contributed by atoms with Crippen molar-refractivity contribution in [2.45, 2.75) is 0 Å². The Balaban J connectivity index is 0.00000112. The van der Waals surface area contributed by atoms with Crippen molar-refractivity contribution in [3.63, 3.8) is 0 Å². The molecule has 2 aromatic rings. The molecule has 0 unspecified atom stereocenters. The number of para-hydroxylation sites is 2. The number of benzene rings is 2. The van der Waals surface area contributed by atoms with Crippen LogP contribution in [-0.2, 0) is 0 Å². The van der Waals surface area contributed by atoms with Crippen LogP contribution in [0.4, 0.5) is 0 Å². The summed E-state index contributed by atoms with van der Waals surface area (Å²) < 4.78 is 0. The van der Waals surface area contributed by atoms with E-state index in [0.29, 0.717) is 11.5 Å². The SMILES string of the molecule is N.O.c1ccc(OOc2ccccc2)cc1. The molecule has 0 saturated carbocycles. The third-order valence-corrected chi connectivity index (χ3v) is 1.72. The maximum Gasteiger partial charge on any atom is 0.178 e. The van der Waals surface area contributed by atoms with Gasteiger partial charge in [-0.1, -0.05) is 36.4 Å². The summed E-state index contributed by atoms with van der Waals surface area (Å²) in [7, 11) is 0. The summed E-state index contributed by atoms with van der Waals surface area (Å²) in [6, 6.07) is 18.8. The lowest BCUT2D eigenvalue weighted by molar-refractivity contribution is -0.0999. The smallest absolute Gasteiger partial charge is 0.178 e. The summed E-state index contributed by atoms with van der Waals surface area (Å²) in [5, 5.41) is 0. The molecule has 0 spiro atoms. The van der Waals surface area contributed by atoms with Gasteiger partial charge in [-0.2, -0.15) is 0 Å². The maximum absolute atomic E-state index is 5.09. The van der Waals surface area contributed by atoms with Gasteiger partial charge in [0.15, 0.2) is 11.5 Å². The fraction of sp³-hybridized carbons (Fsp3) is 0. The predicted molar refractivity (Wildman–Crippen MR) is 62.8 cm³/mol. The maximum atomic E-state index is 5.09. The lowest BCUT2D eigenvalue weighted by atomic mass is 10.3. The molecule has 16 heavy (non-hydrogen) atoms. The lowest BCUT2D eigenvalue weighted by Crippen LogP contribution is -1.99. The van der Waals surface area contributed by atoms with Gasteiger partial charge < -0.3 is 11.6 Å². The van der Waals surface area contributed by atoms with E-state index in [9.17, 15) is 0 Å². The zero-order chi connectivity index (χ0) is 9.64. The van der Waals surface area contributed by atoms with Gasteiger partial charge in [-0.3, -0.25) is 9.78 Å². The number of rotatable bonds is 3. The van der Waals surface area contributed by atoms with Crippen LogP contribution in [0.15, 0.2) is 60.7 Å². The highest BCUT2D eigenvalue weighted by molar-refractivity contribution is 5.23. The quantitative estimate of drug-likeness (QED) is 0.637. The second-order valence-electron chi connectivity index (χ2n) is 2.79. The van der Waals surface area contributed by atoms with E-state index in [-0.39, 0.29) is 11.6 Å². The molecular weight excluding hydrogens is 206 g/mol. The van der Waals surface area contributed by atoms with E-state index in [2.05, 4.69) is 0 Å². The highest BCUT2D eigenvalue weighted by atomic mass is 17.2. The molecular formula is C12H15NO3. The summed E-state index contributed by atoms with van der Waals surface area (Å²) in [5.41, 5.74) is 0. The molecule has 0 heterocycles. The number of hydrogen-bond donors (Lipinski definition) is 1. The average Bonchev–Trinajstić information content (AvgIpc) is 2.29. The van der Waals surface area contributed by atoms with Crippen molar-refractivity contribution in [3.8, 4) is 11.5 Å². The molecule has 0 aliphatic carbocycles. The molecule has 5 N–H and O–H groups in total. The summed E-state index contributed by atoms with van der Waals surface area (Å²) in [5.74, 6) is 1.38. The van der Waals surface area contributed by atoms with Crippen LogP contribution in [0.2, 0.25) is 0 Å². The zero-order valence-corrected chi connectivity index (χ0v) is 8.80. The first-order valence-corrected chi connectivity index (χ1v) is 4.40. The van der Waals surface area contributed by atoms with E-state index in [1.165, 1.54) is 0 Å². The van der Waals surface area contributed by atoms with Crippen molar-refractivity contribution in [3.05, 3.63) is 60.7 Å². The molecule has 0 aromatic heterocycles. The minimum Gasteiger partial charge on any atom is -0.412 e. The summed E-state index contributed by atoms with van der Waals surface area (Å²) >= 11 is 0. The summed E-state index contributed by atoms with van der Waals surface area (Å²) in [6.45, 7) is 0. The molecule has 0 amide bonds. The van der Waals surface area contributed by atoms with Crippen LogP contribution in [0.5, 0.6) is 11.5 Å². The van der Waals surface area contributed by atoms with E-state index in [1.54, 1.807) is 0 Å². The van der Waals surface area contributed by atoms with Crippen LogP contribution in [0.25, 0.3) is 0 Å². The van der Waals surface area contributed by atoms with Crippen molar-refractivity contribution >= 4 is 0 Å². The lowest BCUT2D eigenvalue weighted by Gasteiger charge is -2.04. The molecule has 0 radical (unpaired) electrons. The average molecular weight is 221 g/mol. The second kappa shape index (κ2) is 7.28. The van der Waals surface area contributed by atoms with E-state index in [4.69, 9.17) is 9.78 Å². The third-order valence-electron chi connectivity index (χ3n) is 1.72. The van der Waals surface area contributed by atoms with Crippen LogP contribution >= 0.6 is 0 Å². The topological polar surface area (TPSA) is 85.0 Å². The van der Waals surface area contributed by atoms with Gasteiger partial charge >= 0.3 is 0 Å². The predicted octanol–water partition coefficient (Wildman–Crippen LogP) is 2.40. The van der Waals surface area contributed by atoms with Gasteiger partial charge in [-0.15, -0.1) is 0 Å². The summed E-state index contributed by atoms with van der Waals surface area (Å²) in [4.78, 5) is 10.2. The van der Waals surface area contributed by atoms with Gasteiger partial charge in [0.2, 0.25) is 0 Å². The molecule has 4 nitrogen and oxygen atoms in total. The van der Waals surface area contributed by atoms with Crippen molar-refractivity contribution in [2.24, 2.45) is 0 Å². The van der Waals surface area contributed by atoms with Gasteiger partial charge in [-0.05, 0) is 24.3 Å². The molecule has 0 aliphatic heterocycles. The third kappa shape index (κ3) is 4.00. The van der Waals surface area contributed by atoms with Crippen molar-refractivity contribution in [1.29, 1.82) is 0 Å². The normalized spacial score (nSPS) is 8.25. The van der Waals surface area contributed by atoms with E-state index in [0.717, 1.165) is 0 Å². The van der Waals surface area contributed by atoms with Gasteiger partial charge in [0.25, 0.3) is 0 Å². The zero-order valence-electron chi connectivity index (χ0n) is 8.80. The van der Waals surface area contributed by atoms with Crippen LogP contribution in [0.3, 0.4) is 0 Å². The minimum absolute atomic E-state index is 0. The highest BCUT2D eigenvalue weighted by Gasteiger charge is 1.94. The van der Waals surface area contributed by atoms with E-state index in [1.807, 2.05) is 60.7 Å². The van der Waals surface area contributed by atoms with Crippen LogP contribution < -0.4 is 15.9 Å². The Morgan fingerprint density at radius 1 is 0.562 bits per heavy atom. The molecule has 2 aromatic carbocycles. The van der Waals surface area contributed by atoms with Crippen molar-refractivity contribution < 1.29 is 15.3 Å². The standard InChI is InChI=1S/C12H10O2.H3N.H2O/c1-3-7-11(8-4-1)13-14-12-9-5-2-6-10-12;;/h1-10H;1H3;1H2. The fourth-order valence-corrected chi connectivity index (χ4v) is 1.05. The Kier molecular flexibility index (Phi) is 6.35. The van der Waals surface area contributed by atoms with Crippen LogP contribution in [0.1, 0.15) is 0 Å². The second-order valence-corrected chi connectivity index (χ2v) is 2.79. The Morgan fingerprint density at radius 3 is 1.19 bits per heavy atom. The first-order valence-electron chi connectivity index (χ1n) is 4.40. The Labute approximate surface area is 94.3 Å². The van der Waals surface area contributed by atoms with E-state index >= 15 is 0 Å². The minimum atomic E-state index is 0. The first kappa shape index (κ1) is 14.0. The van der Waals surface area contributed by atoms with Gasteiger partial charge in [-0.25, -0.2) is 0 Å². The molecule has 0 bridgehead atoms. The largest absolute Gasteiger partial charge is 0.412 e. The number of hydrogen-bond acceptors (Lipinski definition) is 3. The molecule has 2 rings (SSSR count). The fourth-order valence-electron chi connectivity index (χ4n) is 1.05. The van der Waals surface area contributed by atoms with E-state index < -0.39 is 0 Å². The Morgan fingerprint density at radius 2 is 0.875 bits per heavy atom. The highest BCUT2D eigenvalue weighted by Crippen LogP contribution is 2.13. The van der Waals surface area contributed by atoms with Crippen molar-refractivity contribution in [1.82, 2.24) is 6.15 Å². The van der Waals surface area contributed by atoms with Gasteiger partial charge in [0.1, 0.15) is 0 Å². The van der Waals surface area contributed by atoms with Crippen LogP contribution in [0, 0.1) is 0 Å². The Hall–Kier alpha value is -2.04. The Bertz CT molecular complexity index is 338. The molecule has 0 aliphatic rings.